The maximum atomic E-state index is 10.9. The molecule has 1 rings (SSSR count). The third kappa shape index (κ3) is 3.43. The van der Waals surface area contributed by atoms with Crippen LogP contribution in [0.5, 0.6) is 0 Å². The minimum atomic E-state index is -3.02. The van der Waals surface area contributed by atoms with E-state index in [0.717, 1.165) is 3.69 Å². The number of halogens is 1. The van der Waals surface area contributed by atoms with Gasteiger partial charge >= 0.3 is 79.1 Å². The van der Waals surface area contributed by atoms with E-state index in [4.69, 9.17) is 0 Å². The molecule has 2 nitrogen and oxygen atoms in total. The molecule has 0 N–H and O–H groups in total. The van der Waals surface area contributed by atoms with Crippen LogP contribution < -0.4 is 20.7 Å². The van der Waals surface area contributed by atoms with E-state index < -0.39 is 9.84 Å². The Hall–Kier alpha value is 0.416. The van der Waals surface area contributed by atoms with Crippen LogP contribution in [0.4, 0.5) is 0 Å². The fourth-order valence-corrected chi connectivity index (χ4v) is 1.60. The van der Waals surface area contributed by atoms with Gasteiger partial charge in [0.15, 0.2) is 0 Å². The molecule has 0 aliphatic heterocycles. The van der Waals surface area contributed by atoms with E-state index in [2.05, 4.69) is 0 Å². The zero-order chi connectivity index (χ0) is 8.48. The molecule has 0 bridgehead atoms. The van der Waals surface area contributed by atoms with E-state index in [1.54, 1.807) is 46.0 Å². The molecule has 0 atom stereocenters. The van der Waals surface area contributed by atoms with Crippen molar-refractivity contribution in [2.45, 2.75) is 4.90 Å². The summed E-state index contributed by atoms with van der Waals surface area (Å²) in [5.41, 5.74) is 0. The van der Waals surface area contributed by atoms with Gasteiger partial charge in [-0.15, -0.1) is 0 Å². The Balaban J connectivity index is 0.00000121. The molecule has 0 aliphatic carbocycles. The van der Waals surface area contributed by atoms with Gasteiger partial charge in [0.25, 0.3) is 0 Å². The van der Waals surface area contributed by atoms with Crippen LogP contribution in [-0.4, -0.2) is 36.4 Å². The molecule has 5 heteroatoms. The molecule has 0 saturated carbocycles. The van der Waals surface area contributed by atoms with Crippen molar-refractivity contribution in [3.63, 3.8) is 0 Å². The van der Waals surface area contributed by atoms with Crippen molar-refractivity contribution in [3.8, 4) is 0 Å². The maximum Gasteiger partial charge on any atom is -1.00 e. The minimum Gasteiger partial charge on any atom is -1.00 e. The van der Waals surface area contributed by atoms with Gasteiger partial charge in [-0.2, -0.15) is 0 Å². The van der Waals surface area contributed by atoms with Crippen molar-refractivity contribution >= 4 is 35.2 Å². The van der Waals surface area contributed by atoms with Crippen LogP contribution in [0.25, 0.3) is 0 Å². The minimum absolute atomic E-state index is 0. The van der Waals surface area contributed by atoms with Crippen LogP contribution in [0.15, 0.2) is 29.2 Å². The Kier molecular flexibility index (Phi) is 4.76. The number of hydrogen-bond donors (Lipinski definition) is 0. The van der Waals surface area contributed by atoms with Gasteiger partial charge in [-0.1, -0.05) is 0 Å². The average molecular weight is 259 g/mol. The van der Waals surface area contributed by atoms with E-state index in [-0.39, 0.29) is 17.0 Å². The predicted molar refractivity (Wildman–Crippen MR) is 44.9 cm³/mol. The summed E-state index contributed by atoms with van der Waals surface area (Å²) in [4.78, 5) is 0.382. The van der Waals surface area contributed by atoms with E-state index in [1.165, 1.54) is 6.26 Å². The Bertz CT molecular complexity index is 344. The molecule has 0 unspecified atom stereocenters. The van der Waals surface area contributed by atoms with Crippen LogP contribution in [0.3, 0.4) is 0 Å². The van der Waals surface area contributed by atoms with Gasteiger partial charge in [0.05, 0.1) is 0 Å². The standard InChI is InChI=1S/C7H7O2S.BrH.Mg/c1-10(8,9)7-5-3-2-4-6-7;;/h3-6H,1H3;1H;/q;;+1/p-1. The van der Waals surface area contributed by atoms with Crippen LogP contribution in [0.2, 0.25) is 0 Å². The van der Waals surface area contributed by atoms with Crippen molar-refractivity contribution < 1.29 is 25.4 Å². The summed E-state index contributed by atoms with van der Waals surface area (Å²) in [6.45, 7) is 0. The van der Waals surface area contributed by atoms with Crippen molar-refractivity contribution in [2.75, 3.05) is 6.26 Å². The van der Waals surface area contributed by atoms with Gasteiger partial charge in [0, 0.05) is 0 Å². The van der Waals surface area contributed by atoms with E-state index in [0.29, 0.717) is 4.90 Å². The maximum absolute atomic E-state index is 10.9. The quantitative estimate of drug-likeness (QED) is 0.500. The molecule has 0 radical (unpaired) electrons. The third-order valence-electron chi connectivity index (χ3n) is 1.35. The van der Waals surface area contributed by atoms with Gasteiger partial charge in [-0.05, 0) is 0 Å². The van der Waals surface area contributed by atoms with Gasteiger partial charge < -0.3 is 17.0 Å². The van der Waals surface area contributed by atoms with Gasteiger partial charge in [-0.3, -0.25) is 0 Å². The van der Waals surface area contributed by atoms with Gasteiger partial charge in [0.2, 0.25) is 0 Å². The van der Waals surface area contributed by atoms with Crippen molar-refractivity contribution in [1.82, 2.24) is 0 Å². The number of sulfone groups is 1. The fourth-order valence-electron chi connectivity index (χ4n) is 0.737. The molecular formula is C7H7BrMgO2S. The van der Waals surface area contributed by atoms with E-state index >= 15 is 0 Å². The molecule has 0 amide bonds. The first kappa shape index (κ1) is 12.4. The zero-order valence-corrected chi connectivity index (χ0v) is 10.4. The normalized spacial score (nSPS) is 10.6. The third-order valence-corrected chi connectivity index (χ3v) is 2.95. The summed E-state index contributed by atoms with van der Waals surface area (Å²) in [6, 6.07) is 6.85. The van der Waals surface area contributed by atoms with Gasteiger partial charge in [-0.25, -0.2) is 0 Å². The smallest absolute Gasteiger partial charge is 1.00 e. The second kappa shape index (κ2) is 4.60. The van der Waals surface area contributed by atoms with Crippen LogP contribution in [0, 0.1) is 0 Å². The van der Waals surface area contributed by atoms with Crippen LogP contribution in [-0.2, 0) is 9.84 Å². The molecule has 12 heavy (non-hydrogen) atoms. The molecule has 1 aromatic carbocycles. The van der Waals surface area contributed by atoms with Gasteiger partial charge in [0.1, 0.15) is 0 Å². The molecular weight excluding hydrogens is 252 g/mol. The van der Waals surface area contributed by atoms with Crippen molar-refractivity contribution in [1.29, 1.82) is 0 Å². The second-order valence-corrected chi connectivity index (χ2v) is 5.25. The molecule has 0 aliphatic rings. The Morgan fingerprint density at radius 2 is 1.58 bits per heavy atom. The summed E-state index contributed by atoms with van der Waals surface area (Å²) < 4.78 is 23.0. The summed E-state index contributed by atoms with van der Waals surface area (Å²) in [5, 5.41) is 0. The molecule has 0 aromatic heterocycles. The molecule has 0 saturated heterocycles. The topological polar surface area (TPSA) is 34.1 Å². The molecule has 0 spiro atoms. The predicted octanol–water partition coefficient (Wildman–Crippen LogP) is -3.11. The number of hydrogen-bond acceptors (Lipinski definition) is 2. The van der Waals surface area contributed by atoms with Crippen molar-refractivity contribution in [3.05, 3.63) is 24.3 Å². The Morgan fingerprint density at radius 1 is 1.17 bits per heavy atom. The van der Waals surface area contributed by atoms with E-state index in [1.807, 2.05) is 0 Å². The van der Waals surface area contributed by atoms with E-state index in [9.17, 15) is 8.42 Å². The first-order valence-corrected chi connectivity index (χ1v) is 5.72. The monoisotopic (exact) mass is 258 g/mol. The summed E-state index contributed by atoms with van der Waals surface area (Å²) >= 11 is 1.73. The summed E-state index contributed by atoms with van der Waals surface area (Å²) in [5.74, 6) is 0. The average Bonchev–Trinajstić information content (AvgIpc) is 1.86. The van der Waals surface area contributed by atoms with Crippen LogP contribution in [0.1, 0.15) is 0 Å². The summed E-state index contributed by atoms with van der Waals surface area (Å²) in [6.07, 6.45) is 1.21. The number of rotatable bonds is 1. The molecule has 62 valence electrons. The SMILES string of the molecule is CS(=O)(=O)c1cc[c]([Mg+])cc1.[Br-]. The first-order chi connectivity index (χ1) is 5.00. The second-order valence-electron chi connectivity index (χ2n) is 2.42. The van der Waals surface area contributed by atoms with Crippen molar-refractivity contribution in [2.24, 2.45) is 0 Å². The fraction of sp³-hybridized carbons (Fsp3) is 0.143. The molecule has 0 fully saturated rings. The first-order valence-electron chi connectivity index (χ1n) is 3.12. The van der Waals surface area contributed by atoms with Crippen LogP contribution >= 0.6 is 0 Å². The Labute approximate surface area is 95.5 Å². The number of benzene rings is 1. The largest absolute Gasteiger partial charge is 1.00 e. The molecule has 1 aromatic rings. The Morgan fingerprint density at radius 3 is 1.92 bits per heavy atom. The molecule has 0 heterocycles. The summed E-state index contributed by atoms with van der Waals surface area (Å²) in [7, 11) is -3.02. The zero-order valence-electron chi connectivity index (χ0n) is 6.62.